The fourth-order valence-electron chi connectivity index (χ4n) is 2.95. The number of aryl methyl sites for hydroxylation is 1. The number of nitrogens with zero attached hydrogens (tertiary/aromatic N) is 2. The zero-order valence-electron chi connectivity index (χ0n) is 13.7. The van der Waals surface area contributed by atoms with Gasteiger partial charge in [-0.1, -0.05) is 29.8 Å². The van der Waals surface area contributed by atoms with E-state index in [1.54, 1.807) is 0 Å². The lowest BCUT2D eigenvalue weighted by Gasteiger charge is -2.32. The molecule has 4 nitrogen and oxygen atoms in total. The fourth-order valence-corrected chi connectivity index (χ4v) is 2.95. The molecule has 0 bridgehead atoms. The highest BCUT2D eigenvalue weighted by Crippen LogP contribution is 2.23. The summed E-state index contributed by atoms with van der Waals surface area (Å²) < 4.78 is 0. The molecule has 0 unspecified atom stereocenters. The van der Waals surface area contributed by atoms with Crippen LogP contribution in [0.3, 0.4) is 0 Å². The zero-order chi connectivity index (χ0) is 16.1. The van der Waals surface area contributed by atoms with Gasteiger partial charge in [0, 0.05) is 26.2 Å². The Labute approximate surface area is 138 Å². The predicted octanol–water partition coefficient (Wildman–Crippen LogP) is 3.21. The van der Waals surface area contributed by atoms with Crippen LogP contribution in [0.4, 0.5) is 11.5 Å². The smallest absolute Gasteiger partial charge is 0.126 e. The molecule has 1 aromatic carbocycles. The van der Waals surface area contributed by atoms with Crippen molar-refractivity contribution in [2.45, 2.75) is 26.3 Å². The van der Waals surface area contributed by atoms with E-state index in [1.165, 1.54) is 16.8 Å². The summed E-state index contributed by atoms with van der Waals surface area (Å²) in [4.78, 5) is 6.87. The molecule has 3 rings (SSSR count). The van der Waals surface area contributed by atoms with Gasteiger partial charge in [-0.2, -0.15) is 0 Å². The molecule has 23 heavy (non-hydrogen) atoms. The van der Waals surface area contributed by atoms with E-state index in [2.05, 4.69) is 52.5 Å². The minimum absolute atomic E-state index is 0.313. The third-order valence-electron chi connectivity index (χ3n) is 4.58. The van der Waals surface area contributed by atoms with Crippen LogP contribution >= 0.6 is 0 Å². The quantitative estimate of drug-likeness (QED) is 0.890. The molecule has 4 heteroatoms. The average molecular weight is 311 g/mol. The maximum atomic E-state index is 9.21. The van der Waals surface area contributed by atoms with Gasteiger partial charge >= 0.3 is 0 Å². The number of hydrogen-bond donors (Lipinski definition) is 2. The van der Waals surface area contributed by atoms with E-state index >= 15 is 0 Å². The highest BCUT2D eigenvalue weighted by atomic mass is 16.3. The summed E-state index contributed by atoms with van der Waals surface area (Å²) in [5.41, 5.74) is 3.70. The molecule has 2 N–H and O–H groups in total. The number of hydrogen-bond acceptors (Lipinski definition) is 4. The number of piperidine rings is 1. The van der Waals surface area contributed by atoms with Crippen LogP contribution in [0.15, 0.2) is 42.6 Å². The van der Waals surface area contributed by atoms with Crippen LogP contribution in [0.25, 0.3) is 0 Å². The van der Waals surface area contributed by atoms with Gasteiger partial charge in [0.1, 0.15) is 5.82 Å². The van der Waals surface area contributed by atoms with E-state index in [-0.39, 0.29) is 0 Å². The monoisotopic (exact) mass is 311 g/mol. The molecule has 2 heterocycles. The number of nitrogens with one attached hydrogen (secondary N) is 1. The summed E-state index contributed by atoms with van der Waals surface area (Å²) in [6.07, 6.45) is 4.06. The summed E-state index contributed by atoms with van der Waals surface area (Å²) in [6.45, 7) is 5.20. The normalized spacial score (nSPS) is 15.7. The van der Waals surface area contributed by atoms with Crippen molar-refractivity contribution in [3.05, 3.63) is 53.7 Å². The van der Waals surface area contributed by atoms with Crippen LogP contribution in [0.2, 0.25) is 0 Å². The van der Waals surface area contributed by atoms with Gasteiger partial charge in [-0.3, -0.25) is 0 Å². The topological polar surface area (TPSA) is 48.4 Å². The van der Waals surface area contributed by atoms with Gasteiger partial charge < -0.3 is 15.3 Å². The van der Waals surface area contributed by atoms with Gasteiger partial charge in [-0.15, -0.1) is 0 Å². The standard InChI is InChI=1S/C19H25N3O/c1-15-2-4-16(5-3-15)12-20-19-7-6-18(13-21-19)22-10-8-17(14-23)9-11-22/h2-7,13,17,23H,8-12,14H2,1H3,(H,20,21). The van der Waals surface area contributed by atoms with Gasteiger partial charge in [0.05, 0.1) is 11.9 Å². The van der Waals surface area contributed by atoms with Crippen LogP contribution in [0.5, 0.6) is 0 Å². The lowest BCUT2D eigenvalue weighted by molar-refractivity contribution is 0.203. The van der Waals surface area contributed by atoms with Crippen LogP contribution in [-0.4, -0.2) is 29.8 Å². The number of aliphatic hydroxyl groups excluding tert-OH is 1. The number of benzene rings is 1. The fraction of sp³-hybridized carbons (Fsp3) is 0.421. The molecule has 1 saturated heterocycles. The molecule has 1 aliphatic heterocycles. The van der Waals surface area contributed by atoms with E-state index in [0.717, 1.165) is 38.3 Å². The van der Waals surface area contributed by atoms with Crippen molar-refractivity contribution in [2.75, 3.05) is 29.9 Å². The molecule has 122 valence electrons. The van der Waals surface area contributed by atoms with Gasteiger partial charge in [-0.25, -0.2) is 4.98 Å². The van der Waals surface area contributed by atoms with Gasteiger partial charge in [0.25, 0.3) is 0 Å². The molecular formula is C19H25N3O. The Morgan fingerprint density at radius 3 is 2.48 bits per heavy atom. The van der Waals surface area contributed by atoms with Crippen molar-refractivity contribution >= 4 is 11.5 Å². The Kier molecular flexibility index (Phi) is 5.13. The highest BCUT2D eigenvalue weighted by molar-refractivity contribution is 5.50. The van der Waals surface area contributed by atoms with Crippen molar-refractivity contribution in [3.63, 3.8) is 0 Å². The molecule has 1 aromatic heterocycles. The first kappa shape index (κ1) is 15.8. The van der Waals surface area contributed by atoms with E-state index < -0.39 is 0 Å². The van der Waals surface area contributed by atoms with Crippen LogP contribution in [0.1, 0.15) is 24.0 Å². The summed E-state index contributed by atoms with van der Waals surface area (Å²) in [6, 6.07) is 12.7. The Bertz CT molecular complexity index is 602. The van der Waals surface area contributed by atoms with Crippen LogP contribution in [-0.2, 0) is 6.54 Å². The maximum Gasteiger partial charge on any atom is 0.126 e. The largest absolute Gasteiger partial charge is 0.396 e. The molecule has 1 aliphatic rings. The number of aliphatic hydroxyl groups is 1. The van der Waals surface area contributed by atoms with E-state index in [4.69, 9.17) is 0 Å². The highest BCUT2D eigenvalue weighted by Gasteiger charge is 2.18. The molecule has 1 fully saturated rings. The first-order valence-electron chi connectivity index (χ1n) is 8.36. The Morgan fingerprint density at radius 2 is 1.87 bits per heavy atom. The Morgan fingerprint density at radius 1 is 1.13 bits per heavy atom. The van der Waals surface area contributed by atoms with Crippen LogP contribution < -0.4 is 10.2 Å². The Balaban J connectivity index is 1.54. The molecule has 0 spiro atoms. The number of aromatic nitrogens is 1. The minimum Gasteiger partial charge on any atom is -0.396 e. The van der Waals surface area contributed by atoms with Crippen molar-refractivity contribution in [1.82, 2.24) is 4.98 Å². The number of pyridine rings is 1. The van der Waals surface area contributed by atoms with Crippen molar-refractivity contribution in [2.24, 2.45) is 5.92 Å². The first-order chi connectivity index (χ1) is 11.2. The van der Waals surface area contributed by atoms with E-state index in [0.29, 0.717) is 12.5 Å². The summed E-state index contributed by atoms with van der Waals surface area (Å²) in [5, 5.41) is 12.6. The lowest BCUT2D eigenvalue weighted by Crippen LogP contribution is -2.34. The summed E-state index contributed by atoms with van der Waals surface area (Å²) in [5.74, 6) is 1.37. The molecule has 0 radical (unpaired) electrons. The zero-order valence-corrected chi connectivity index (χ0v) is 13.7. The van der Waals surface area contributed by atoms with E-state index in [9.17, 15) is 5.11 Å². The second-order valence-corrected chi connectivity index (χ2v) is 6.35. The van der Waals surface area contributed by atoms with Crippen molar-refractivity contribution in [3.8, 4) is 0 Å². The van der Waals surface area contributed by atoms with Crippen molar-refractivity contribution < 1.29 is 5.11 Å². The van der Waals surface area contributed by atoms with Crippen molar-refractivity contribution in [1.29, 1.82) is 0 Å². The number of rotatable bonds is 5. The van der Waals surface area contributed by atoms with E-state index in [1.807, 2.05) is 12.3 Å². The molecule has 0 saturated carbocycles. The maximum absolute atomic E-state index is 9.21. The minimum atomic E-state index is 0.313. The SMILES string of the molecule is Cc1ccc(CNc2ccc(N3CCC(CO)CC3)cn2)cc1. The average Bonchev–Trinajstić information content (AvgIpc) is 2.62. The van der Waals surface area contributed by atoms with Crippen LogP contribution in [0, 0.1) is 12.8 Å². The summed E-state index contributed by atoms with van der Waals surface area (Å²) >= 11 is 0. The Hall–Kier alpha value is -2.07. The second-order valence-electron chi connectivity index (χ2n) is 6.35. The van der Waals surface area contributed by atoms with Gasteiger partial charge in [0.15, 0.2) is 0 Å². The molecule has 0 amide bonds. The second kappa shape index (κ2) is 7.47. The number of anilines is 2. The molecule has 2 aromatic rings. The predicted molar refractivity (Wildman–Crippen MR) is 94.8 cm³/mol. The summed E-state index contributed by atoms with van der Waals surface area (Å²) in [7, 11) is 0. The third kappa shape index (κ3) is 4.23. The van der Waals surface area contributed by atoms with Gasteiger partial charge in [0.2, 0.25) is 0 Å². The molecule has 0 aliphatic carbocycles. The van der Waals surface area contributed by atoms with Gasteiger partial charge in [-0.05, 0) is 43.4 Å². The molecular weight excluding hydrogens is 286 g/mol. The lowest BCUT2D eigenvalue weighted by atomic mass is 9.98. The third-order valence-corrected chi connectivity index (χ3v) is 4.58. The first-order valence-corrected chi connectivity index (χ1v) is 8.36. The molecule has 0 atom stereocenters.